The van der Waals surface area contributed by atoms with Gasteiger partial charge in [-0.2, -0.15) is 0 Å². The first kappa shape index (κ1) is 18.1. The molecule has 0 bridgehead atoms. The zero-order valence-corrected chi connectivity index (χ0v) is 19.9. The van der Waals surface area contributed by atoms with Crippen molar-refractivity contribution < 1.29 is 2.74 Å². The van der Waals surface area contributed by atoms with Gasteiger partial charge in [0, 0.05) is 19.5 Å². The zero-order chi connectivity index (χ0) is 24.7. The van der Waals surface area contributed by atoms with E-state index in [1.807, 2.05) is 6.07 Å². The topological polar surface area (TPSA) is 12.0 Å². The summed E-state index contributed by atoms with van der Waals surface area (Å²) in [7, 11) is 0. The molecule has 0 atom stereocenters. The second kappa shape index (κ2) is 7.34. The summed E-state index contributed by atoms with van der Waals surface area (Å²) in [5.41, 5.74) is 11.6. The maximum atomic E-state index is 9.17. The summed E-state index contributed by atoms with van der Waals surface area (Å²) in [5.74, 6) is -1.09. The fraction of sp³-hybridized carbons (Fsp3) is 0.273. The summed E-state index contributed by atoms with van der Waals surface area (Å²) < 4.78 is 18.3. The SMILES string of the molecule is [2H]C1(c2cc3c(cc2Nc2cccc(-c4ccccc4)c2C2([2H])CC2)C(C)(C)c2ccccc2-3)CC1. The van der Waals surface area contributed by atoms with Crippen LogP contribution in [0.25, 0.3) is 22.3 Å². The van der Waals surface area contributed by atoms with Gasteiger partial charge in [-0.3, -0.25) is 0 Å². The van der Waals surface area contributed by atoms with E-state index < -0.39 is 11.8 Å². The number of hydrogen-bond acceptors (Lipinski definition) is 1. The van der Waals surface area contributed by atoms with Gasteiger partial charge >= 0.3 is 0 Å². The molecule has 2 saturated carbocycles. The van der Waals surface area contributed by atoms with E-state index in [-0.39, 0.29) is 5.41 Å². The minimum Gasteiger partial charge on any atom is -0.355 e. The van der Waals surface area contributed by atoms with Gasteiger partial charge in [-0.05, 0) is 100 Å². The maximum Gasteiger partial charge on any atom is 0.0425 e. The first-order chi connectivity index (χ1) is 17.3. The van der Waals surface area contributed by atoms with Crippen LogP contribution in [0.3, 0.4) is 0 Å². The lowest BCUT2D eigenvalue weighted by Crippen LogP contribution is -2.15. The Labute approximate surface area is 205 Å². The molecule has 0 amide bonds. The quantitative estimate of drug-likeness (QED) is 0.324. The highest BCUT2D eigenvalue weighted by Gasteiger charge is 2.38. The van der Waals surface area contributed by atoms with Crippen LogP contribution in [0, 0.1) is 0 Å². The average molecular weight is 444 g/mol. The van der Waals surface area contributed by atoms with Crippen molar-refractivity contribution in [3.8, 4) is 22.3 Å². The van der Waals surface area contributed by atoms with Crippen molar-refractivity contribution in [2.24, 2.45) is 0 Å². The Morgan fingerprint density at radius 1 is 0.676 bits per heavy atom. The number of rotatable bonds is 5. The van der Waals surface area contributed by atoms with Crippen molar-refractivity contribution in [1.82, 2.24) is 0 Å². The van der Waals surface area contributed by atoms with Crippen LogP contribution < -0.4 is 5.32 Å². The normalized spacial score (nSPS) is 20.5. The van der Waals surface area contributed by atoms with Crippen molar-refractivity contribution in [2.45, 2.75) is 56.7 Å². The van der Waals surface area contributed by atoms with Crippen LogP contribution in [0.5, 0.6) is 0 Å². The third kappa shape index (κ3) is 3.14. The van der Waals surface area contributed by atoms with E-state index in [4.69, 9.17) is 2.74 Å². The second-order valence-electron chi connectivity index (χ2n) is 10.5. The predicted molar refractivity (Wildman–Crippen MR) is 143 cm³/mol. The Balaban J connectivity index is 1.41. The predicted octanol–water partition coefficient (Wildman–Crippen LogP) is 9.16. The van der Waals surface area contributed by atoms with Gasteiger partial charge in [-0.1, -0.05) is 80.6 Å². The van der Waals surface area contributed by atoms with Crippen molar-refractivity contribution in [2.75, 3.05) is 5.32 Å². The smallest absolute Gasteiger partial charge is 0.0425 e. The first-order valence-electron chi connectivity index (χ1n) is 13.6. The van der Waals surface area contributed by atoms with Crippen LogP contribution in [0.2, 0.25) is 0 Å². The van der Waals surface area contributed by atoms with E-state index in [0.29, 0.717) is 0 Å². The molecule has 34 heavy (non-hydrogen) atoms. The largest absolute Gasteiger partial charge is 0.355 e. The molecule has 7 rings (SSSR count). The molecule has 3 aliphatic carbocycles. The molecule has 4 aromatic carbocycles. The Hall–Kier alpha value is -3.32. The molecule has 0 unspecified atom stereocenters. The molecule has 0 aliphatic heterocycles. The summed E-state index contributed by atoms with van der Waals surface area (Å²) in [5, 5.41) is 3.80. The van der Waals surface area contributed by atoms with E-state index >= 15 is 0 Å². The van der Waals surface area contributed by atoms with E-state index in [1.165, 1.54) is 22.3 Å². The zero-order valence-electron chi connectivity index (χ0n) is 21.9. The third-order valence-corrected chi connectivity index (χ3v) is 7.87. The Bertz CT molecular complexity index is 1510. The molecule has 4 aromatic rings. The van der Waals surface area contributed by atoms with Gasteiger partial charge in [0.15, 0.2) is 0 Å². The first-order valence-corrected chi connectivity index (χ1v) is 12.6. The molecule has 0 spiro atoms. The Morgan fingerprint density at radius 2 is 1.38 bits per heavy atom. The molecule has 1 N–H and O–H groups in total. The highest BCUT2D eigenvalue weighted by atomic mass is 14.9. The molecule has 0 aromatic heterocycles. The van der Waals surface area contributed by atoms with Crippen molar-refractivity contribution in [3.63, 3.8) is 0 Å². The van der Waals surface area contributed by atoms with Crippen LogP contribution in [-0.4, -0.2) is 0 Å². The molecule has 1 heteroatoms. The number of fused-ring (bicyclic) bond motifs is 3. The van der Waals surface area contributed by atoms with Crippen molar-refractivity contribution in [3.05, 3.63) is 107 Å². The molecular weight excluding hydrogens is 410 g/mol. The minimum absolute atomic E-state index is 0.0958. The Morgan fingerprint density at radius 3 is 2.15 bits per heavy atom. The summed E-state index contributed by atoms with van der Waals surface area (Å²) >= 11 is 0. The van der Waals surface area contributed by atoms with Gasteiger partial charge in [-0.25, -0.2) is 0 Å². The number of benzene rings is 4. The average Bonchev–Trinajstić information content (AvgIpc) is 3.81. The summed E-state index contributed by atoms with van der Waals surface area (Å²) in [6.45, 7) is 4.61. The van der Waals surface area contributed by atoms with Crippen LogP contribution in [-0.2, 0) is 5.41 Å². The van der Waals surface area contributed by atoms with E-state index in [0.717, 1.165) is 59.3 Å². The van der Waals surface area contributed by atoms with E-state index in [9.17, 15) is 0 Å². The molecule has 0 saturated heterocycles. The fourth-order valence-corrected chi connectivity index (χ4v) is 5.83. The molecule has 1 nitrogen and oxygen atoms in total. The summed E-state index contributed by atoms with van der Waals surface area (Å²) in [6, 6.07) is 30.1. The lowest BCUT2D eigenvalue weighted by molar-refractivity contribution is 0.660. The van der Waals surface area contributed by atoms with E-state index in [1.54, 1.807) is 0 Å². The minimum atomic E-state index is -0.556. The van der Waals surface area contributed by atoms with Crippen LogP contribution in [0.15, 0.2) is 84.9 Å². The Kier molecular flexibility index (Phi) is 3.90. The fourth-order valence-electron chi connectivity index (χ4n) is 5.83. The standard InChI is InChI=1S/C33H31N/c1-33(2)28-13-7-6-11-25(28)27-19-26(22-15-16-22)31(20-29(27)33)34-30-14-8-12-24(32(30)23-17-18-23)21-9-4-3-5-10-21/h3-14,19-20,22-23,34H,15-18H2,1-2H3/i22D,23D. The third-order valence-electron chi connectivity index (χ3n) is 7.87. The van der Waals surface area contributed by atoms with Gasteiger partial charge in [0.2, 0.25) is 0 Å². The molecule has 0 heterocycles. The van der Waals surface area contributed by atoms with Crippen LogP contribution in [0.4, 0.5) is 11.4 Å². The van der Waals surface area contributed by atoms with Gasteiger partial charge in [0.25, 0.3) is 0 Å². The van der Waals surface area contributed by atoms with Gasteiger partial charge < -0.3 is 5.32 Å². The number of nitrogens with one attached hydrogen (secondary N) is 1. The monoisotopic (exact) mass is 443 g/mol. The molecule has 0 radical (unpaired) electrons. The highest BCUT2D eigenvalue weighted by Crippen LogP contribution is 2.54. The van der Waals surface area contributed by atoms with E-state index in [2.05, 4.69) is 98.0 Å². The highest BCUT2D eigenvalue weighted by molar-refractivity contribution is 5.86. The summed E-state index contributed by atoms with van der Waals surface area (Å²) in [4.78, 5) is 0. The number of hydrogen-bond donors (Lipinski definition) is 1. The van der Waals surface area contributed by atoms with Gasteiger partial charge in [-0.15, -0.1) is 0 Å². The van der Waals surface area contributed by atoms with Gasteiger partial charge in [0.1, 0.15) is 0 Å². The van der Waals surface area contributed by atoms with Gasteiger partial charge in [0.05, 0.1) is 0 Å². The lowest BCUT2D eigenvalue weighted by atomic mass is 9.82. The van der Waals surface area contributed by atoms with Crippen molar-refractivity contribution >= 4 is 11.4 Å². The lowest BCUT2D eigenvalue weighted by Gasteiger charge is -2.24. The number of anilines is 2. The van der Waals surface area contributed by atoms with Crippen molar-refractivity contribution in [1.29, 1.82) is 0 Å². The molecule has 168 valence electrons. The molecule has 3 aliphatic rings. The summed E-state index contributed by atoms with van der Waals surface area (Å²) in [6.07, 6.45) is 3.55. The van der Waals surface area contributed by atoms with Crippen LogP contribution in [0.1, 0.15) is 76.3 Å². The second-order valence-corrected chi connectivity index (χ2v) is 10.5. The van der Waals surface area contributed by atoms with Crippen LogP contribution >= 0.6 is 0 Å². The molecule has 2 fully saturated rings. The maximum absolute atomic E-state index is 9.17. The molecular formula is C33H31N.